The lowest BCUT2D eigenvalue weighted by Gasteiger charge is -2.37. The summed E-state index contributed by atoms with van der Waals surface area (Å²) >= 11 is 1.90. The minimum Gasteiger partial charge on any atom is -0.326 e. The summed E-state index contributed by atoms with van der Waals surface area (Å²) in [6.45, 7) is 3.69. The van der Waals surface area contributed by atoms with Crippen LogP contribution in [-0.2, 0) is 4.79 Å². The van der Waals surface area contributed by atoms with Crippen LogP contribution in [-0.4, -0.2) is 28.0 Å². The number of hydrogen-bond acceptors (Lipinski definition) is 2. The highest BCUT2D eigenvalue weighted by molar-refractivity contribution is 8.00. The zero-order valence-corrected chi connectivity index (χ0v) is 7.14. The summed E-state index contributed by atoms with van der Waals surface area (Å²) in [7, 11) is 0. The Hall–Kier alpha value is -0.440. The van der Waals surface area contributed by atoms with Gasteiger partial charge in [0.2, 0.25) is 5.91 Å². The first-order chi connectivity index (χ1) is 5.33. The first kappa shape index (κ1) is 7.22. The van der Waals surface area contributed by atoms with E-state index in [2.05, 4.69) is 6.58 Å². The average Bonchev–Trinajstić information content (AvgIpc) is 2.26. The smallest absolute Gasteiger partial charge is 0.226 e. The summed E-state index contributed by atoms with van der Waals surface area (Å²) in [5.41, 5.74) is 0. The first-order valence-electron chi connectivity index (χ1n) is 3.86. The highest BCUT2D eigenvalue weighted by Gasteiger charge is 2.45. The van der Waals surface area contributed by atoms with Crippen molar-refractivity contribution in [1.29, 1.82) is 0 Å². The second-order valence-corrected chi connectivity index (χ2v) is 4.18. The molecule has 60 valence electrons. The third-order valence-corrected chi connectivity index (χ3v) is 3.62. The Morgan fingerprint density at radius 1 is 1.82 bits per heavy atom. The molecule has 2 unspecified atom stereocenters. The number of fused-ring (bicyclic) bond motifs is 1. The Kier molecular flexibility index (Phi) is 1.68. The van der Waals surface area contributed by atoms with Gasteiger partial charge in [0.15, 0.2) is 0 Å². The molecule has 11 heavy (non-hydrogen) atoms. The van der Waals surface area contributed by atoms with Gasteiger partial charge in [-0.1, -0.05) is 6.08 Å². The normalized spacial score (nSPS) is 34.9. The summed E-state index contributed by atoms with van der Waals surface area (Å²) in [5, 5.41) is 0.507. The Balaban J connectivity index is 2.02. The molecule has 0 aliphatic carbocycles. The zero-order valence-electron chi connectivity index (χ0n) is 6.32. The third kappa shape index (κ3) is 0.984. The highest BCUT2D eigenvalue weighted by atomic mass is 32.2. The molecule has 3 heteroatoms. The second kappa shape index (κ2) is 2.55. The molecule has 0 aromatic carbocycles. The zero-order chi connectivity index (χ0) is 7.84. The van der Waals surface area contributed by atoms with E-state index in [1.54, 1.807) is 0 Å². The first-order valence-corrected chi connectivity index (χ1v) is 4.91. The van der Waals surface area contributed by atoms with Crippen LogP contribution in [0, 0.1) is 0 Å². The molecule has 0 radical (unpaired) electrons. The molecule has 1 amide bonds. The monoisotopic (exact) mass is 169 g/mol. The van der Waals surface area contributed by atoms with Crippen molar-refractivity contribution in [1.82, 2.24) is 4.90 Å². The summed E-state index contributed by atoms with van der Waals surface area (Å²) < 4.78 is 0. The van der Waals surface area contributed by atoms with Crippen LogP contribution in [0.4, 0.5) is 0 Å². The van der Waals surface area contributed by atoms with Gasteiger partial charge in [-0.3, -0.25) is 4.79 Å². The van der Waals surface area contributed by atoms with Gasteiger partial charge in [-0.2, -0.15) is 0 Å². The van der Waals surface area contributed by atoms with Crippen LogP contribution in [0.5, 0.6) is 0 Å². The van der Waals surface area contributed by atoms with Gasteiger partial charge >= 0.3 is 0 Å². The van der Waals surface area contributed by atoms with Gasteiger partial charge in [0.05, 0.1) is 11.8 Å². The van der Waals surface area contributed by atoms with Crippen LogP contribution in [0.25, 0.3) is 0 Å². The van der Waals surface area contributed by atoms with Crippen molar-refractivity contribution in [2.24, 2.45) is 0 Å². The van der Waals surface area contributed by atoms with E-state index in [-0.39, 0.29) is 0 Å². The number of carbonyl (C=O) groups excluding carboxylic acids is 1. The molecule has 2 nitrogen and oxygen atoms in total. The predicted octanol–water partition coefficient (Wildman–Crippen LogP) is 1.24. The van der Waals surface area contributed by atoms with Crippen LogP contribution in [0.1, 0.15) is 12.8 Å². The quantitative estimate of drug-likeness (QED) is 0.458. The van der Waals surface area contributed by atoms with Gasteiger partial charge in [-0.25, -0.2) is 0 Å². The SMILES string of the molecule is C=CCC1CSC2CC(=O)N12. The fourth-order valence-electron chi connectivity index (χ4n) is 1.66. The molecular formula is C8H11NOS. The molecular weight excluding hydrogens is 158 g/mol. The Morgan fingerprint density at radius 3 is 3.27 bits per heavy atom. The third-order valence-electron chi connectivity index (χ3n) is 2.26. The number of rotatable bonds is 2. The van der Waals surface area contributed by atoms with E-state index in [1.165, 1.54) is 0 Å². The van der Waals surface area contributed by atoms with E-state index in [1.807, 2.05) is 22.7 Å². The molecule has 2 saturated heterocycles. The summed E-state index contributed by atoms with van der Waals surface area (Å²) in [4.78, 5) is 13.1. The van der Waals surface area contributed by atoms with Gasteiger partial charge in [-0.15, -0.1) is 18.3 Å². The fourth-order valence-corrected chi connectivity index (χ4v) is 3.11. The van der Waals surface area contributed by atoms with E-state index < -0.39 is 0 Å². The van der Waals surface area contributed by atoms with Crippen molar-refractivity contribution < 1.29 is 4.79 Å². The molecule has 0 aromatic heterocycles. The molecule has 0 spiro atoms. The van der Waals surface area contributed by atoms with Gasteiger partial charge in [-0.05, 0) is 6.42 Å². The predicted molar refractivity (Wildman–Crippen MR) is 46.3 cm³/mol. The van der Waals surface area contributed by atoms with Crippen LogP contribution in [0.2, 0.25) is 0 Å². The van der Waals surface area contributed by atoms with E-state index >= 15 is 0 Å². The Morgan fingerprint density at radius 2 is 2.64 bits per heavy atom. The molecule has 2 aliphatic rings. The van der Waals surface area contributed by atoms with Crippen molar-refractivity contribution in [3.05, 3.63) is 12.7 Å². The second-order valence-electron chi connectivity index (χ2n) is 2.97. The van der Waals surface area contributed by atoms with Gasteiger partial charge in [0.1, 0.15) is 0 Å². The van der Waals surface area contributed by atoms with Gasteiger partial charge < -0.3 is 4.90 Å². The van der Waals surface area contributed by atoms with Gasteiger partial charge in [0, 0.05) is 11.8 Å². The molecule has 2 heterocycles. The Bertz CT molecular complexity index is 204. The van der Waals surface area contributed by atoms with Crippen molar-refractivity contribution in [3.8, 4) is 0 Å². The number of hydrogen-bond donors (Lipinski definition) is 0. The van der Waals surface area contributed by atoms with Crippen molar-refractivity contribution in [3.63, 3.8) is 0 Å². The maximum Gasteiger partial charge on any atom is 0.226 e. The molecule has 2 rings (SSSR count). The lowest BCUT2D eigenvalue weighted by atomic mass is 10.1. The maximum atomic E-state index is 11.1. The lowest BCUT2D eigenvalue weighted by molar-refractivity contribution is -0.143. The molecule has 2 aliphatic heterocycles. The van der Waals surface area contributed by atoms with E-state index in [0.29, 0.717) is 17.3 Å². The van der Waals surface area contributed by atoms with Crippen molar-refractivity contribution in [2.45, 2.75) is 24.3 Å². The minimum absolute atomic E-state index is 0.326. The summed E-state index contributed by atoms with van der Waals surface area (Å²) in [6.07, 6.45) is 3.62. The number of thioether (sulfide) groups is 1. The van der Waals surface area contributed by atoms with E-state index in [9.17, 15) is 4.79 Å². The molecule has 2 fully saturated rings. The molecule has 0 saturated carbocycles. The number of carbonyl (C=O) groups is 1. The average molecular weight is 169 g/mol. The van der Waals surface area contributed by atoms with Crippen molar-refractivity contribution in [2.75, 3.05) is 5.75 Å². The standard InChI is InChI=1S/C8H11NOS/c1-2-3-6-5-11-8-4-7(10)9(6)8/h2,6,8H,1,3-5H2. The van der Waals surface area contributed by atoms with Crippen LogP contribution < -0.4 is 0 Å². The topological polar surface area (TPSA) is 20.3 Å². The molecule has 0 N–H and O–H groups in total. The summed E-state index contributed by atoms with van der Waals surface area (Å²) in [6, 6.07) is 0.448. The number of β-lactam (4-membered cyclic amide) rings is 1. The van der Waals surface area contributed by atoms with E-state index in [4.69, 9.17) is 0 Å². The fraction of sp³-hybridized carbons (Fsp3) is 0.625. The van der Waals surface area contributed by atoms with Crippen LogP contribution >= 0.6 is 11.8 Å². The highest BCUT2D eigenvalue weighted by Crippen LogP contribution is 2.40. The van der Waals surface area contributed by atoms with E-state index in [0.717, 1.165) is 18.6 Å². The lowest BCUT2D eigenvalue weighted by Crippen LogP contribution is -2.51. The molecule has 2 atom stereocenters. The van der Waals surface area contributed by atoms with Crippen molar-refractivity contribution >= 4 is 17.7 Å². The Labute approximate surface area is 70.6 Å². The largest absolute Gasteiger partial charge is 0.326 e. The van der Waals surface area contributed by atoms with Crippen LogP contribution in [0.3, 0.4) is 0 Å². The summed E-state index contributed by atoms with van der Waals surface area (Å²) in [5.74, 6) is 1.43. The van der Waals surface area contributed by atoms with Crippen LogP contribution in [0.15, 0.2) is 12.7 Å². The molecule has 0 aromatic rings. The maximum absolute atomic E-state index is 11.1. The van der Waals surface area contributed by atoms with Gasteiger partial charge in [0.25, 0.3) is 0 Å². The number of amides is 1. The minimum atomic E-state index is 0.326. The molecule has 0 bridgehead atoms. The number of nitrogens with zero attached hydrogens (tertiary/aromatic N) is 1.